The third-order valence-electron chi connectivity index (χ3n) is 4.46. The van der Waals surface area contributed by atoms with Crippen LogP contribution in [0.1, 0.15) is 44.4 Å². The van der Waals surface area contributed by atoms with E-state index in [-0.39, 0.29) is 24.8 Å². The Morgan fingerprint density at radius 3 is 2.38 bits per heavy atom. The van der Waals surface area contributed by atoms with E-state index in [0.717, 1.165) is 16.7 Å². The first-order valence-electron chi connectivity index (χ1n) is 9.57. The Kier molecular flexibility index (Phi) is 7.73. The van der Waals surface area contributed by atoms with Gasteiger partial charge >= 0.3 is 0 Å². The number of amides is 2. The molecule has 0 aliphatic heterocycles. The second-order valence-corrected chi connectivity index (χ2v) is 9.18. The summed E-state index contributed by atoms with van der Waals surface area (Å²) in [6.07, 6.45) is 0.208. The van der Waals surface area contributed by atoms with E-state index in [4.69, 9.17) is 23.2 Å². The number of rotatable bonds is 6. The van der Waals surface area contributed by atoms with E-state index in [1.54, 1.807) is 30.0 Å². The van der Waals surface area contributed by atoms with Gasteiger partial charge in [-0.1, -0.05) is 59.1 Å². The lowest BCUT2D eigenvalue weighted by atomic mass is 10.1. The van der Waals surface area contributed by atoms with E-state index in [1.807, 2.05) is 52.0 Å². The van der Waals surface area contributed by atoms with Crippen LogP contribution in [0.5, 0.6) is 0 Å². The van der Waals surface area contributed by atoms with Crippen molar-refractivity contribution in [2.45, 2.75) is 59.2 Å². The van der Waals surface area contributed by atoms with Gasteiger partial charge in [0.1, 0.15) is 6.04 Å². The average molecular weight is 435 g/mol. The number of halogens is 2. The highest BCUT2D eigenvalue weighted by Crippen LogP contribution is 2.24. The summed E-state index contributed by atoms with van der Waals surface area (Å²) in [5.41, 5.74) is 2.34. The number of hydrogen-bond acceptors (Lipinski definition) is 2. The predicted octanol–water partition coefficient (Wildman–Crippen LogP) is 5.18. The summed E-state index contributed by atoms with van der Waals surface area (Å²) >= 11 is 12.3. The second-order valence-electron chi connectivity index (χ2n) is 8.34. The molecule has 2 rings (SSSR count). The number of carbonyl (C=O) groups excluding carboxylic acids is 2. The van der Waals surface area contributed by atoms with Crippen molar-refractivity contribution in [3.63, 3.8) is 0 Å². The molecule has 0 aromatic heterocycles. The smallest absolute Gasteiger partial charge is 0.242 e. The molecule has 0 aliphatic carbocycles. The molecular weight excluding hydrogens is 407 g/mol. The van der Waals surface area contributed by atoms with E-state index >= 15 is 0 Å². The maximum Gasteiger partial charge on any atom is 0.242 e. The van der Waals surface area contributed by atoms with Crippen LogP contribution in [0.15, 0.2) is 42.5 Å². The molecule has 4 nitrogen and oxygen atoms in total. The summed E-state index contributed by atoms with van der Waals surface area (Å²) in [4.78, 5) is 27.5. The Balaban J connectivity index is 2.30. The van der Waals surface area contributed by atoms with Crippen molar-refractivity contribution in [3.05, 3.63) is 69.2 Å². The molecule has 0 saturated carbocycles. The number of hydrogen-bond donors (Lipinski definition) is 1. The van der Waals surface area contributed by atoms with E-state index < -0.39 is 11.6 Å². The first kappa shape index (κ1) is 23.2. The minimum Gasteiger partial charge on any atom is -0.350 e. The molecule has 2 aromatic carbocycles. The van der Waals surface area contributed by atoms with Gasteiger partial charge in [0.25, 0.3) is 0 Å². The van der Waals surface area contributed by atoms with Crippen molar-refractivity contribution in [3.8, 4) is 0 Å². The molecule has 2 amide bonds. The molecule has 1 N–H and O–H groups in total. The Morgan fingerprint density at radius 2 is 1.79 bits per heavy atom. The van der Waals surface area contributed by atoms with Crippen molar-refractivity contribution in [2.75, 3.05) is 0 Å². The van der Waals surface area contributed by atoms with Crippen LogP contribution in [-0.2, 0) is 22.6 Å². The van der Waals surface area contributed by atoms with Gasteiger partial charge in [-0.25, -0.2) is 0 Å². The van der Waals surface area contributed by atoms with Crippen LogP contribution in [0.4, 0.5) is 0 Å². The maximum absolute atomic E-state index is 13.2. The molecule has 156 valence electrons. The van der Waals surface area contributed by atoms with Gasteiger partial charge in [0, 0.05) is 22.1 Å². The monoisotopic (exact) mass is 434 g/mol. The molecule has 0 spiro atoms. The van der Waals surface area contributed by atoms with Crippen molar-refractivity contribution in [2.24, 2.45) is 0 Å². The average Bonchev–Trinajstić information content (AvgIpc) is 2.59. The Hall–Kier alpha value is -2.04. The molecule has 0 unspecified atom stereocenters. The Morgan fingerprint density at radius 1 is 1.10 bits per heavy atom. The SMILES string of the molecule is Cc1cccc(CC(=O)N(Cc2ccc(Cl)cc2Cl)[C@H](C)C(=O)NC(C)(C)C)c1. The molecule has 0 heterocycles. The molecular formula is C23H28Cl2N2O2. The highest BCUT2D eigenvalue weighted by Gasteiger charge is 2.28. The van der Waals surface area contributed by atoms with Crippen molar-refractivity contribution < 1.29 is 9.59 Å². The normalized spacial score (nSPS) is 12.4. The number of aryl methyl sites for hydroxylation is 1. The van der Waals surface area contributed by atoms with E-state index in [0.29, 0.717) is 10.0 Å². The van der Waals surface area contributed by atoms with Crippen LogP contribution in [-0.4, -0.2) is 28.3 Å². The van der Waals surface area contributed by atoms with E-state index in [1.165, 1.54) is 0 Å². The Bertz CT molecular complexity index is 891. The molecule has 1 atom stereocenters. The zero-order valence-electron chi connectivity index (χ0n) is 17.6. The fourth-order valence-electron chi connectivity index (χ4n) is 2.99. The largest absolute Gasteiger partial charge is 0.350 e. The lowest BCUT2D eigenvalue weighted by Crippen LogP contribution is -2.52. The van der Waals surface area contributed by atoms with Crippen molar-refractivity contribution in [1.82, 2.24) is 10.2 Å². The topological polar surface area (TPSA) is 49.4 Å². The van der Waals surface area contributed by atoms with Gasteiger partial charge in [-0.2, -0.15) is 0 Å². The van der Waals surface area contributed by atoms with Crippen molar-refractivity contribution >= 4 is 35.0 Å². The van der Waals surface area contributed by atoms with Crippen LogP contribution in [0, 0.1) is 6.92 Å². The zero-order chi connectivity index (χ0) is 21.8. The van der Waals surface area contributed by atoms with Gasteiger partial charge in [0.15, 0.2) is 0 Å². The molecule has 0 aliphatic rings. The minimum atomic E-state index is -0.654. The summed E-state index contributed by atoms with van der Waals surface area (Å²) in [6, 6.07) is 12.3. The second kappa shape index (κ2) is 9.64. The highest BCUT2D eigenvalue weighted by atomic mass is 35.5. The van der Waals surface area contributed by atoms with Gasteiger partial charge in [0.05, 0.1) is 6.42 Å². The van der Waals surface area contributed by atoms with Crippen LogP contribution < -0.4 is 5.32 Å². The van der Waals surface area contributed by atoms with Gasteiger partial charge in [0.2, 0.25) is 11.8 Å². The van der Waals surface area contributed by atoms with Crippen LogP contribution in [0.3, 0.4) is 0 Å². The summed E-state index contributed by atoms with van der Waals surface area (Å²) in [6.45, 7) is 9.67. The summed E-state index contributed by atoms with van der Waals surface area (Å²) in [7, 11) is 0. The highest BCUT2D eigenvalue weighted by molar-refractivity contribution is 6.35. The first-order chi connectivity index (χ1) is 13.5. The summed E-state index contributed by atoms with van der Waals surface area (Å²) in [5, 5.41) is 3.94. The van der Waals surface area contributed by atoms with Crippen LogP contribution >= 0.6 is 23.2 Å². The standard InChI is InChI=1S/C23H28Cl2N2O2/c1-15-7-6-8-17(11-15)12-21(28)27(16(2)22(29)26-23(3,4)5)14-18-9-10-19(24)13-20(18)25/h6-11,13,16H,12,14H2,1-5H3,(H,26,29)/t16-/m1/s1. The number of nitrogens with zero attached hydrogens (tertiary/aromatic N) is 1. The van der Waals surface area contributed by atoms with Crippen molar-refractivity contribution in [1.29, 1.82) is 0 Å². The third kappa shape index (κ3) is 7.06. The van der Waals surface area contributed by atoms with Gasteiger partial charge in [-0.3, -0.25) is 9.59 Å². The van der Waals surface area contributed by atoms with Gasteiger partial charge in [-0.05, 0) is 57.9 Å². The number of nitrogens with one attached hydrogen (secondary N) is 1. The summed E-state index contributed by atoms with van der Waals surface area (Å²) < 4.78 is 0. The fourth-order valence-corrected chi connectivity index (χ4v) is 3.46. The summed E-state index contributed by atoms with van der Waals surface area (Å²) in [5.74, 6) is -0.349. The van der Waals surface area contributed by atoms with Gasteiger partial charge in [-0.15, -0.1) is 0 Å². The molecule has 29 heavy (non-hydrogen) atoms. The first-order valence-corrected chi connectivity index (χ1v) is 10.3. The van der Waals surface area contributed by atoms with E-state index in [2.05, 4.69) is 5.32 Å². The lowest BCUT2D eigenvalue weighted by Gasteiger charge is -2.32. The quantitative estimate of drug-likeness (QED) is 0.680. The third-order valence-corrected chi connectivity index (χ3v) is 5.05. The molecule has 2 aromatic rings. The molecule has 0 fully saturated rings. The molecule has 0 radical (unpaired) electrons. The fraction of sp³-hybridized carbons (Fsp3) is 0.391. The zero-order valence-corrected chi connectivity index (χ0v) is 19.1. The maximum atomic E-state index is 13.2. The molecule has 0 bridgehead atoms. The lowest BCUT2D eigenvalue weighted by molar-refractivity contribution is -0.140. The van der Waals surface area contributed by atoms with E-state index in [9.17, 15) is 9.59 Å². The minimum absolute atomic E-state index is 0.141. The molecule has 0 saturated heterocycles. The molecule has 6 heteroatoms. The number of benzene rings is 2. The van der Waals surface area contributed by atoms with Crippen LogP contribution in [0.2, 0.25) is 10.0 Å². The Labute approximate surface area is 183 Å². The predicted molar refractivity (Wildman–Crippen MR) is 119 cm³/mol. The van der Waals surface area contributed by atoms with Gasteiger partial charge < -0.3 is 10.2 Å². The van der Waals surface area contributed by atoms with Crippen LogP contribution in [0.25, 0.3) is 0 Å². The number of carbonyl (C=O) groups is 2.